The molecule has 0 aromatic heterocycles. The Balaban J connectivity index is 2.76. The topological polar surface area (TPSA) is 66.8 Å². The number of aliphatic hydroxyl groups is 1. The normalized spacial score (nSPS) is 27.1. The monoisotopic (exact) mass is 243 g/mol. The van der Waals surface area contributed by atoms with Crippen LogP contribution in [0.15, 0.2) is 0 Å². The fourth-order valence-electron chi connectivity index (χ4n) is 2.00. The van der Waals surface area contributed by atoms with Crippen LogP contribution in [0.3, 0.4) is 0 Å². The van der Waals surface area contributed by atoms with Crippen molar-refractivity contribution in [2.45, 2.75) is 33.3 Å². The van der Waals surface area contributed by atoms with E-state index in [-0.39, 0.29) is 37.3 Å². The second kappa shape index (κ2) is 5.14. The zero-order valence-electron chi connectivity index (χ0n) is 10.9. The third-order valence-electron chi connectivity index (χ3n) is 3.58. The highest BCUT2D eigenvalue weighted by atomic mass is 16.5. The van der Waals surface area contributed by atoms with Crippen molar-refractivity contribution in [3.8, 4) is 0 Å². The summed E-state index contributed by atoms with van der Waals surface area (Å²) in [4.78, 5) is 25.1. The molecule has 0 aliphatic carbocycles. The van der Waals surface area contributed by atoms with E-state index in [1.165, 1.54) is 7.11 Å². The molecule has 0 bridgehead atoms. The van der Waals surface area contributed by atoms with Crippen molar-refractivity contribution in [3.63, 3.8) is 0 Å². The summed E-state index contributed by atoms with van der Waals surface area (Å²) in [5.41, 5.74) is -0.635. The minimum atomic E-state index is -0.817. The number of carbonyl (C=O) groups is 2. The van der Waals surface area contributed by atoms with Crippen LogP contribution in [0.4, 0.5) is 0 Å². The predicted octanol–water partition coefficient (Wildman–Crippen LogP) is 0.415. The fourth-order valence-corrected chi connectivity index (χ4v) is 2.00. The number of imide groups is 1. The van der Waals surface area contributed by atoms with Crippen LogP contribution in [0.2, 0.25) is 0 Å². The summed E-state index contributed by atoms with van der Waals surface area (Å²) in [6.45, 7) is 5.81. The molecule has 1 aliphatic rings. The molecule has 1 saturated heterocycles. The third kappa shape index (κ3) is 2.66. The van der Waals surface area contributed by atoms with Crippen molar-refractivity contribution in [1.82, 2.24) is 4.90 Å². The van der Waals surface area contributed by atoms with Crippen molar-refractivity contribution in [2.24, 2.45) is 11.3 Å². The molecule has 1 fully saturated rings. The van der Waals surface area contributed by atoms with E-state index in [1.54, 1.807) is 6.92 Å². The molecule has 1 rings (SSSR count). The van der Waals surface area contributed by atoms with E-state index in [1.807, 2.05) is 13.8 Å². The summed E-state index contributed by atoms with van der Waals surface area (Å²) in [6, 6.07) is 0. The van der Waals surface area contributed by atoms with Gasteiger partial charge in [0.1, 0.15) is 0 Å². The summed E-state index contributed by atoms with van der Waals surface area (Å²) in [5, 5.41) is 9.58. The molecule has 1 aliphatic heterocycles. The second-order valence-electron chi connectivity index (χ2n) is 5.17. The lowest BCUT2D eigenvalue weighted by molar-refractivity contribution is -0.144. The number of amides is 2. The van der Waals surface area contributed by atoms with Crippen molar-refractivity contribution < 1.29 is 19.4 Å². The van der Waals surface area contributed by atoms with Gasteiger partial charge in [0.2, 0.25) is 11.8 Å². The smallest absolute Gasteiger partial charge is 0.235 e. The minimum absolute atomic E-state index is 0.0216. The van der Waals surface area contributed by atoms with Gasteiger partial charge in [-0.25, -0.2) is 0 Å². The molecule has 98 valence electrons. The molecule has 2 amide bonds. The second-order valence-corrected chi connectivity index (χ2v) is 5.17. The number of likely N-dealkylation sites (tertiary alicyclic amines) is 1. The molecule has 2 unspecified atom stereocenters. The lowest BCUT2D eigenvalue weighted by atomic mass is 9.78. The van der Waals surface area contributed by atoms with Gasteiger partial charge in [0, 0.05) is 13.5 Å². The third-order valence-corrected chi connectivity index (χ3v) is 3.58. The average molecular weight is 243 g/mol. The predicted molar refractivity (Wildman–Crippen MR) is 62.2 cm³/mol. The van der Waals surface area contributed by atoms with E-state index in [9.17, 15) is 14.7 Å². The number of hydrogen-bond donors (Lipinski definition) is 1. The zero-order chi connectivity index (χ0) is 13.2. The van der Waals surface area contributed by atoms with E-state index in [0.29, 0.717) is 0 Å². The van der Waals surface area contributed by atoms with Crippen LogP contribution in [-0.2, 0) is 14.3 Å². The van der Waals surface area contributed by atoms with Crippen molar-refractivity contribution in [1.29, 1.82) is 0 Å². The van der Waals surface area contributed by atoms with Crippen LogP contribution in [0, 0.1) is 11.3 Å². The van der Waals surface area contributed by atoms with Gasteiger partial charge in [-0.1, -0.05) is 13.8 Å². The summed E-state index contributed by atoms with van der Waals surface area (Å²) >= 11 is 0. The van der Waals surface area contributed by atoms with Gasteiger partial charge in [0.25, 0.3) is 0 Å². The first-order valence-corrected chi connectivity index (χ1v) is 5.84. The average Bonchev–Trinajstić information content (AvgIpc) is 2.44. The van der Waals surface area contributed by atoms with E-state index in [2.05, 4.69) is 0 Å². The standard InChI is InChI=1S/C12H21NO4/c1-8(2)12(3)5-10(15)13(11(12)16)6-9(14)7-17-4/h8-9,14H,5-7H2,1-4H3. The van der Waals surface area contributed by atoms with Crippen LogP contribution < -0.4 is 0 Å². The molecule has 0 aromatic carbocycles. The number of hydrogen-bond acceptors (Lipinski definition) is 4. The molecule has 2 atom stereocenters. The lowest BCUT2D eigenvalue weighted by Crippen LogP contribution is -2.42. The summed E-state index contributed by atoms with van der Waals surface area (Å²) < 4.78 is 4.78. The summed E-state index contributed by atoms with van der Waals surface area (Å²) in [6.07, 6.45) is -0.592. The first kappa shape index (κ1) is 14.1. The van der Waals surface area contributed by atoms with Crippen molar-refractivity contribution in [3.05, 3.63) is 0 Å². The van der Waals surface area contributed by atoms with E-state index in [4.69, 9.17) is 4.74 Å². The molecular weight excluding hydrogens is 222 g/mol. The van der Waals surface area contributed by atoms with Crippen LogP contribution in [0.25, 0.3) is 0 Å². The number of β-amino-alcohol motifs (C(OH)–C–C–N with tert-alkyl or cyclic N) is 1. The maximum atomic E-state index is 12.2. The van der Waals surface area contributed by atoms with Gasteiger partial charge in [-0.05, 0) is 12.8 Å². The molecule has 0 spiro atoms. The Morgan fingerprint density at radius 1 is 1.47 bits per heavy atom. The largest absolute Gasteiger partial charge is 0.389 e. The van der Waals surface area contributed by atoms with Crippen LogP contribution in [0.1, 0.15) is 27.2 Å². The highest BCUT2D eigenvalue weighted by molar-refractivity contribution is 6.05. The highest BCUT2D eigenvalue weighted by Gasteiger charge is 2.50. The molecule has 17 heavy (non-hydrogen) atoms. The van der Waals surface area contributed by atoms with Crippen molar-refractivity contribution >= 4 is 11.8 Å². The molecule has 0 radical (unpaired) electrons. The number of rotatable bonds is 5. The van der Waals surface area contributed by atoms with Gasteiger partial charge in [-0.2, -0.15) is 0 Å². The minimum Gasteiger partial charge on any atom is -0.389 e. The van der Waals surface area contributed by atoms with Crippen LogP contribution in [-0.4, -0.2) is 48.2 Å². The van der Waals surface area contributed by atoms with Gasteiger partial charge in [-0.15, -0.1) is 0 Å². The van der Waals surface area contributed by atoms with Gasteiger partial charge < -0.3 is 9.84 Å². The molecule has 5 heteroatoms. The maximum absolute atomic E-state index is 12.2. The Bertz CT molecular complexity index is 316. The van der Waals surface area contributed by atoms with E-state index >= 15 is 0 Å². The quantitative estimate of drug-likeness (QED) is 0.710. The Hall–Kier alpha value is -0.940. The number of aliphatic hydroxyl groups excluding tert-OH is 1. The van der Waals surface area contributed by atoms with Gasteiger partial charge >= 0.3 is 0 Å². The highest BCUT2D eigenvalue weighted by Crippen LogP contribution is 2.39. The molecule has 1 N–H and O–H groups in total. The van der Waals surface area contributed by atoms with Crippen molar-refractivity contribution in [2.75, 3.05) is 20.3 Å². The Kier molecular flexibility index (Phi) is 4.27. The molecule has 0 aromatic rings. The van der Waals surface area contributed by atoms with Gasteiger partial charge in [-0.3, -0.25) is 14.5 Å². The maximum Gasteiger partial charge on any atom is 0.235 e. The zero-order valence-corrected chi connectivity index (χ0v) is 10.9. The SMILES string of the molecule is COCC(O)CN1C(=O)CC(C)(C(C)C)C1=O. The van der Waals surface area contributed by atoms with Gasteiger partial charge in [0.15, 0.2) is 0 Å². The molecule has 1 heterocycles. The number of nitrogens with zero attached hydrogens (tertiary/aromatic N) is 1. The van der Waals surface area contributed by atoms with Gasteiger partial charge in [0.05, 0.1) is 24.7 Å². The summed E-state index contributed by atoms with van der Waals surface area (Å²) in [5.74, 6) is -0.294. The fraction of sp³-hybridized carbons (Fsp3) is 0.833. The lowest BCUT2D eigenvalue weighted by Gasteiger charge is -2.26. The Morgan fingerprint density at radius 3 is 2.47 bits per heavy atom. The molecule has 5 nitrogen and oxygen atoms in total. The van der Waals surface area contributed by atoms with E-state index in [0.717, 1.165) is 4.90 Å². The number of carbonyl (C=O) groups excluding carboxylic acids is 2. The molecular formula is C12H21NO4. The Morgan fingerprint density at radius 2 is 2.06 bits per heavy atom. The molecule has 0 saturated carbocycles. The Labute approximate surface area is 102 Å². The van der Waals surface area contributed by atoms with Crippen LogP contribution >= 0.6 is 0 Å². The summed E-state index contributed by atoms with van der Waals surface area (Å²) in [7, 11) is 1.47. The van der Waals surface area contributed by atoms with E-state index < -0.39 is 11.5 Å². The number of methoxy groups -OCH3 is 1. The van der Waals surface area contributed by atoms with Crippen LogP contribution in [0.5, 0.6) is 0 Å². The number of ether oxygens (including phenoxy) is 1. The first-order valence-electron chi connectivity index (χ1n) is 5.84. The first-order chi connectivity index (χ1) is 7.82.